The summed E-state index contributed by atoms with van der Waals surface area (Å²) in [6, 6.07) is 0. The van der Waals surface area contributed by atoms with E-state index in [2.05, 4.69) is 25.7 Å². The molecule has 0 aliphatic rings. The standard InChI is InChI=1S/C46H91NO7/c1-4-7-10-13-16-17-18-23-31-40-52-45(49)35-28-25-30-37-47(38-42-51-43-39-48)36-29-22-19-24-32-41-53-46(50)54-44(33-26-20-14-11-8-5-2)34-27-21-15-12-9-6-3/h44,48H,4-43H2,1-3H3. The molecule has 0 aromatic heterocycles. The van der Waals surface area contributed by atoms with Gasteiger partial charge in [-0.25, -0.2) is 4.79 Å². The molecule has 0 saturated carbocycles. The summed E-state index contributed by atoms with van der Waals surface area (Å²) in [6.45, 7) is 11.7. The average Bonchev–Trinajstić information content (AvgIpc) is 3.17. The SMILES string of the molecule is CCCCCCCCCCCOC(=O)CCCCCN(CCCCCCCOC(=O)OC(CCCCCCCC)CCCCCCCC)CCOCCO. The van der Waals surface area contributed by atoms with Gasteiger partial charge in [0.15, 0.2) is 0 Å². The molecule has 0 rings (SSSR count). The normalized spacial score (nSPS) is 11.5. The summed E-state index contributed by atoms with van der Waals surface area (Å²) in [6.07, 6.45) is 36.6. The molecule has 322 valence electrons. The second-order valence-corrected chi connectivity index (χ2v) is 15.8. The highest BCUT2D eigenvalue weighted by molar-refractivity contribution is 5.69. The Morgan fingerprint density at radius 2 is 0.889 bits per heavy atom. The lowest BCUT2D eigenvalue weighted by molar-refractivity contribution is -0.143. The van der Waals surface area contributed by atoms with Crippen molar-refractivity contribution in [1.29, 1.82) is 0 Å². The number of aliphatic hydroxyl groups is 1. The van der Waals surface area contributed by atoms with Gasteiger partial charge in [0.05, 0.1) is 33.0 Å². The van der Waals surface area contributed by atoms with Gasteiger partial charge in [-0.05, 0) is 70.9 Å². The third-order valence-electron chi connectivity index (χ3n) is 10.5. The molecule has 0 spiro atoms. The minimum Gasteiger partial charge on any atom is -0.466 e. The lowest BCUT2D eigenvalue weighted by Crippen LogP contribution is -2.30. The number of rotatable bonds is 44. The van der Waals surface area contributed by atoms with E-state index in [1.807, 2.05) is 0 Å². The molecule has 0 aromatic carbocycles. The van der Waals surface area contributed by atoms with Crippen LogP contribution in [0.15, 0.2) is 0 Å². The van der Waals surface area contributed by atoms with Crippen LogP contribution in [-0.4, -0.2) is 80.9 Å². The van der Waals surface area contributed by atoms with Crippen molar-refractivity contribution >= 4 is 12.1 Å². The van der Waals surface area contributed by atoms with Crippen LogP contribution in [0.2, 0.25) is 0 Å². The lowest BCUT2D eigenvalue weighted by Gasteiger charge is -2.22. The molecule has 1 N–H and O–H groups in total. The Hall–Kier alpha value is -1.38. The molecule has 0 radical (unpaired) electrons. The zero-order valence-corrected chi connectivity index (χ0v) is 36.2. The van der Waals surface area contributed by atoms with Gasteiger partial charge in [0.2, 0.25) is 0 Å². The van der Waals surface area contributed by atoms with Crippen LogP contribution in [0.1, 0.15) is 226 Å². The van der Waals surface area contributed by atoms with Crippen molar-refractivity contribution in [2.24, 2.45) is 0 Å². The zero-order valence-electron chi connectivity index (χ0n) is 36.2. The number of carbonyl (C=O) groups is 2. The van der Waals surface area contributed by atoms with Crippen LogP contribution < -0.4 is 0 Å². The van der Waals surface area contributed by atoms with Gasteiger partial charge < -0.3 is 29.0 Å². The number of ether oxygens (including phenoxy) is 4. The van der Waals surface area contributed by atoms with Crippen LogP contribution >= 0.6 is 0 Å². The number of esters is 1. The third kappa shape index (κ3) is 40.3. The topological polar surface area (TPSA) is 94.5 Å². The predicted octanol–water partition coefficient (Wildman–Crippen LogP) is 12.9. The van der Waals surface area contributed by atoms with Gasteiger partial charge in [0, 0.05) is 13.0 Å². The van der Waals surface area contributed by atoms with Crippen molar-refractivity contribution in [3.8, 4) is 0 Å². The molecule has 0 unspecified atom stereocenters. The molecule has 0 aliphatic carbocycles. The monoisotopic (exact) mass is 770 g/mol. The van der Waals surface area contributed by atoms with Crippen LogP contribution in [0.25, 0.3) is 0 Å². The molecule has 8 heteroatoms. The van der Waals surface area contributed by atoms with Gasteiger partial charge >= 0.3 is 12.1 Å². The summed E-state index contributed by atoms with van der Waals surface area (Å²) in [5, 5.41) is 9.06. The molecule has 0 aliphatic heterocycles. The number of hydrogen-bond acceptors (Lipinski definition) is 8. The van der Waals surface area contributed by atoms with Crippen molar-refractivity contribution in [2.75, 3.05) is 52.7 Å². The molecule has 0 heterocycles. The minimum absolute atomic E-state index is 0.0115. The molecule has 0 saturated heterocycles. The molecule has 0 fully saturated rings. The first-order valence-corrected chi connectivity index (χ1v) is 23.5. The van der Waals surface area contributed by atoms with Gasteiger partial charge in [0.1, 0.15) is 6.10 Å². The van der Waals surface area contributed by atoms with Crippen LogP contribution in [0.3, 0.4) is 0 Å². The van der Waals surface area contributed by atoms with E-state index in [1.54, 1.807) is 0 Å². The van der Waals surface area contributed by atoms with E-state index in [-0.39, 0.29) is 18.7 Å². The second kappa shape index (κ2) is 44.3. The largest absolute Gasteiger partial charge is 0.508 e. The Balaban J connectivity index is 4.14. The Labute approximate surface area is 334 Å². The summed E-state index contributed by atoms with van der Waals surface area (Å²) in [5.74, 6) is -0.0534. The van der Waals surface area contributed by atoms with E-state index in [4.69, 9.17) is 24.1 Å². The summed E-state index contributed by atoms with van der Waals surface area (Å²) in [5.41, 5.74) is 0. The van der Waals surface area contributed by atoms with E-state index in [9.17, 15) is 9.59 Å². The highest BCUT2D eigenvalue weighted by Gasteiger charge is 2.15. The number of unbranched alkanes of at least 4 members (excludes halogenated alkanes) is 24. The van der Waals surface area contributed by atoms with Crippen molar-refractivity contribution in [2.45, 2.75) is 232 Å². The Bertz CT molecular complexity index is 751. The van der Waals surface area contributed by atoms with Gasteiger partial charge in [-0.15, -0.1) is 0 Å². The van der Waals surface area contributed by atoms with E-state index in [0.717, 1.165) is 110 Å². The quantitative estimate of drug-likeness (QED) is 0.0483. The van der Waals surface area contributed by atoms with Crippen molar-refractivity contribution < 1.29 is 33.6 Å². The highest BCUT2D eigenvalue weighted by atomic mass is 16.7. The second-order valence-electron chi connectivity index (χ2n) is 15.8. The van der Waals surface area contributed by atoms with Crippen LogP contribution in [-0.2, 0) is 23.7 Å². The number of aliphatic hydroxyl groups excluding tert-OH is 1. The van der Waals surface area contributed by atoms with Gasteiger partial charge in [-0.2, -0.15) is 0 Å². The Kier molecular flexibility index (Phi) is 43.2. The van der Waals surface area contributed by atoms with E-state index in [0.29, 0.717) is 32.8 Å². The van der Waals surface area contributed by atoms with E-state index in [1.165, 1.54) is 109 Å². The van der Waals surface area contributed by atoms with Gasteiger partial charge in [-0.1, -0.05) is 162 Å². The smallest absolute Gasteiger partial charge is 0.466 e. The molecule has 0 atom stereocenters. The van der Waals surface area contributed by atoms with Crippen molar-refractivity contribution in [1.82, 2.24) is 4.90 Å². The number of nitrogens with zero attached hydrogens (tertiary/aromatic N) is 1. The maximum atomic E-state index is 12.5. The zero-order chi connectivity index (χ0) is 39.4. The molecular formula is C46H91NO7. The Morgan fingerprint density at radius 1 is 0.463 bits per heavy atom. The number of carbonyl (C=O) groups excluding carboxylic acids is 2. The molecule has 0 amide bonds. The molecule has 0 bridgehead atoms. The summed E-state index contributed by atoms with van der Waals surface area (Å²) >= 11 is 0. The molecule has 8 nitrogen and oxygen atoms in total. The fourth-order valence-corrected chi connectivity index (χ4v) is 7.01. The summed E-state index contributed by atoms with van der Waals surface area (Å²) in [7, 11) is 0. The van der Waals surface area contributed by atoms with Crippen molar-refractivity contribution in [3.63, 3.8) is 0 Å². The maximum absolute atomic E-state index is 12.5. The summed E-state index contributed by atoms with van der Waals surface area (Å²) < 4.78 is 22.3. The first-order valence-electron chi connectivity index (χ1n) is 23.5. The third-order valence-corrected chi connectivity index (χ3v) is 10.5. The molecule has 0 aromatic rings. The molecule has 54 heavy (non-hydrogen) atoms. The lowest BCUT2D eigenvalue weighted by atomic mass is 10.0. The van der Waals surface area contributed by atoms with Gasteiger partial charge in [-0.3, -0.25) is 4.79 Å². The van der Waals surface area contributed by atoms with Crippen LogP contribution in [0, 0.1) is 0 Å². The Morgan fingerprint density at radius 3 is 1.39 bits per heavy atom. The average molecular weight is 770 g/mol. The first-order chi connectivity index (χ1) is 26.6. The predicted molar refractivity (Wildman–Crippen MR) is 226 cm³/mol. The number of hydrogen-bond donors (Lipinski definition) is 1. The van der Waals surface area contributed by atoms with E-state index >= 15 is 0 Å². The maximum Gasteiger partial charge on any atom is 0.508 e. The van der Waals surface area contributed by atoms with Crippen LogP contribution in [0.4, 0.5) is 4.79 Å². The fourth-order valence-electron chi connectivity index (χ4n) is 7.01. The van der Waals surface area contributed by atoms with Crippen molar-refractivity contribution in [3.05, 3.63) is 0 Å². The first kappa shape index (κ1) is 52.6. The summed E-state index contributed by atoms with van der Waals surface area (Å²) in [4.78, 5) is 27.1. The highest BCUT2D eigenvalue weighted by Crippen LogP contribution is 2.18. The molecular weight excluding hydrogens is 679 g/mol. The van der Waals surface area contributed by atoms with E-state index < -0.39 is 6.16 Å². The van der Waals surface area contributed by atoms with Gasteiger partial charge in [0.25, 0.3) is 0 Å². The van der Waals surface area contributed by atoms with Crippen LogP contribution in [0.5, 0.6) is 0 Å². The minimum atomic E-state index is -0.484. The fraction of sp³-hybridized carbons (Fsp3) is 0.957.